The third-order valence-corrected chi connectivity index (χ3v) is 4.59. The Labute approximate surface area is 126 Å². The molecular formula is C19H24O2. The molecule has 0 heterocycles. The molecule has 3 atom stereocenters. The van der Waals surface area contributed by atoms with Gasteiger partial charge >= 0.3 is 0 Å². The molecule has 0 bridgehead atoms. The largest absolute Gasteiger partial charge is 0.487 e. The lowest BCUT2D eigenvalue weighted by atomic mass is 9.83. The molecule has 0 saturated heterocycles. The molecule has 1 fully saturated rings. The van der Waals surface area contributed by atoms with Gasteiger partial charge in [-0.2, -0.15) is 0 Å². The minimum atomic E-state index is -0.336. The maximum atomic E-state index is 10.3. The molecule has 2 aromatic rings. The van der Waals surface area contributed by atoms with E-state index in [-0.39, 0.29) is 12.2 Å². The van der Waals surface area contributed by atoms with Gasteiger partial charge in [-0.05, 0) is 36.6 Å². The first kappa shape index (κ1) is 14.4. The summed E-state index contributed by atoms with van der Waals surface area (Å²) in [6.45, 7) is 2.23. The van der Waals surface area contributed by atoms with Crippen molar-refractivity contribution in [2.45, 2.75) is 51.2 Å². The van der Waals surface area contributed by atoms with Crippen molar-refractivity contribution in [3.8, 4) is 5.75 Å². The van der Waals surface area contributed by atoms with Crippen LogP contribution in [0.2, 0.25) is 0 Å². The smallest absolute Gasteiger partial charge is 0.127 e. The van der Waals surface area contributed by atoms with Crippen LogP contribution in [0.15, 0.2) is 42.5 Å². The molecule has 0 radical (unpaired) electrons. The first-order chi connectivity index (χ1) is 10.3. The highest BCUT2D eigenvalue weighted by molar-refractivity contribution is 5.88. The number of aliphatic hydroxyl groups is 1. The van der Waals surface area contributed by atoms with Gasteiger partial charge < -0.3 is 9.84 Å². The Morgan fingerprint density at radius 2 is 1.90 bits per heavy atom. The van der Waals surface area contributed by atoms with E-state index in [9.17, 15) is 5.11 Å². The van der Waals surface area contributed by atoms with Crippen LogP contribution in [0, 0.1) is 5.92 Å². The topological polar surface area (TPSA) is 29.5 Å². The van der Waals surface area contributed by atoms with Gasteiger partial charge in [0.2, 0.25) is 0 Å². The Hall–Kier alpha value is -1.54. The van der Waals surface area contributed by atoms with Crippen LogP contribution in [0.25, 0.3) is 10.8 Å². The summed E-state index contributed by atoms with van der Waals surface area (Å²) in [6, 6.07) is 14.4. The minimum absolute atomic E-state index is 0.0684. The third kappa shape index (κ3) is 3.21. The number of fused-ring (bicyclic) bond motifs is 1. The highest BCUT2D eigenvalue weighted by atomic mass is 16.5. The summed E-state index contributed by atoms with van der Waals surface area (Å²) in [5, 5.41) is 12.6. The molecule has 1 N–H and O–H groups in total. The molecule has 1 aliphatic carbocycles. The van der Waals surface area contributed by atoms with E-state index in [1.54, 1.807) is 0 Å². The standard InChI is InChI=1S/C19H24O2/c1-2-6-14-11-12-17(20)19(13-14)21-18-10-5-8-15-7-3-4-9-16(15)18/h3-5,7-10,14,17,19-20H,2,6,11-13H2,1H3. The Morgan fingerprint density at radius 3 is 2.76 bits per heavy atom. The van der Waals surface area contributed by atoms with Crippen molar-refractivity contribution in [2.24, 2.45) is 5.92 Å². The van der Waals surface area contributed by atoms with Gasteiger partial charge in [0.15, 0.2) is 0 Å². The van der Waals surface area contributed by atoms with E-state index in [1.165, 1.54) is 18.2 Å². The quantitative estimate of drug-likeness (QED) is 0.892. The third-order valence-electron chi connectivity index (χ3n) is 4.59. The average Bonchev–Trinajstić information content (AvgIpc) is 2.51. The van der Waals surface area contributed by atoms with E-state index in [0.29, 0.717) is 5.92 Å². The molecule has 112 valence electrons. The van der Waals surface area contributed by atoms with E-state index >= 15 is 0 Å². The van der Waals surface area contributed by atoms with Gasteiger partial charge in [-0.15, -0.1) is 0 Å². The van der Waals surface area contributed by atoms with Crippen molar-refractivity contribution in [2.75, 3.05) is 0 Å². The normalized spacial score (nSPS) is 25.9. The number of hydrogen-bond acceptors (Lipinski definition) is 2. The van der Waals surface area contributed by atoms with E-state index in [2.05, 4.69) is 25.1 Å². The second kappa shape index (κ2) is 6.48. The van der Waals surface area contributed by atoms with Crippen molar-refractivity contribution in [3.63, 3.8) is 0 Å². The van der Waals surface area contributed by atoms with Gasteiger partial charge in [-0.3, -0.25) is 0 Å². The summed E-state index contributed by atoms with van der Waals surface area (Å²) < 4.78 is 6.21. The van der Waals surface area contributed by atoms with Crippen LogP contribution in [0.5, 0.6) is 5.75 Å². The monoisotopic (exact) mass is 284 g/mol. The van der Waals surface area contributed by atoms with E-state index in [4.69, 9.17) is 4.74 Å². The lowest BCUT2D eigenvalue weighted by Gasteiger charge is -2.33. The molecule has 3 rings (SSSR count). The zero-order valence-corrected chi connectivity index (χ0v) is 12.7. The summed E-state index contributed by atoms with van der Waals surface area (Å²) in [7, 11) is 0. The van der Waals surface area contributed by atoms with E-state index < -0.39 is 0 Å². The highest BCUT2D eigenvalue weighted by Crippen LogP contribution is 2.33. The molecule has 3 unspecified atom stereocenters. The van der Waals surface area contributed by atoms with Crippen LogP contribution in [0.3, 0.4) is 0 Å². The Kier molecular flexibility index (Phi) is 4.45. The predicted molar refractivity (Wildman–Crippen MR) is 86.6 cm³/mol. The average molecular weight is 284 g/mol. The fourth-order valence-corrected chi connectivity index (χ4v) is 3.45. The Balaban J connectivity index is 1.80. The molecule has 1 aliphatic rings. The van der Waals surface area contributed by atoms with Gasteiger partial charge in [0.25, 0.3) is 0 Å². The zero-order valence-electron chi connectivity index (χ0n) is 12.7. The second-order valence-corrected chi connectivity index (χ2v) is 6.17. The first-order valence-electron chi connectivity index (χ1n) is 8.10. The van der Waals surface area contributed by atoms with Crippen molar-refractivity contribution in [1.82, 2.24) is 0 Å². The van der Waals surface area contributed by atoms with Crippen LogP contribution in [0.1, 0.15) is 39.0 Å². The van der Waals surface area contributed by atoms with Crippen molar-refractivity contribution >= 4 is 10.8 Å². The number of hydrogen-bond donors (Lipinski definition) is 1. The summed E-state index contributed by atoms with van der Waals surface area (Å²) >= 11 is 0. The number of ether oxygens (including phenoxy) is 1. The highest BCUT2D eigenvalue weighted by Gasteiger charge is 2.30. The number of rotatable bonds is 4. The number of benzene rings is 2. The fourth-order valence-electron chi connectivity index (χ4n) is 3.45. The van der Waals surface area contributed by atoms with Crippen LogP contribution in [-0.2, 0) is 0 Å². The van der Waals surface area contributed by atoms with E-state index in [0.717, 1.165) is 30.4 Å². The lowest BCUT2D eigenvalue weighted by molar-refractivity contribution is -0.0109. The molecule has 2 aromatic carbocycles. The maximum absolute atomic E-state index is 10.3. The van der Waals surface area contributed by atoms with Gasteiger partial charge in [-0.1, -0.05) is 56.2 Å². The Morgan fingerprint density at radius 1 is 1.10 bits per heavy atom. The summed E-state index contributed by atoms with van der Waals surface area (Å²) in [5.41, 5.74) is 0. The van der Waals surface area contributed by atoms with Gasteiger partial charge in [0, 0.05) is 5.39 Å². The maximum Gasteiger partial charge on any atom is 0.127 e. The summed E-state index contributed by atoms with van der Waals surface area (Å²) in [5.74, 6) is 1.59. The van der Waals surface area contributed by atoms with Gasteiger partial charge in [-0.25, -0.2) is 0 Å². The molecule has 0 aromatic heterocycles. The molecule has 1 saturated carbocycles. The van der Waals surface area contributed by atoms with Crippen LogP contribution >= 0.6 is 0 Å². The van der Waals surface area contributed by atoms with Gasteiger partial charge in [0.1, 0.15) is 11.9 Å². The second-order valence-electron chi connectivity index (χ2n) is 6.17. The van der Waals surface area contributed by atoms with Gasteiger partial charge in [0.05, 0.1) is 6.10 Å². The predicted octanol–water partition coefficient (Wildman–Crippen LogP) is 4.55. The van der Waals surface area contributed by atoms with Crippen molar-refractivity contribution < 1.29 is 9.84 Å². The SMILES string of the molecule is CCCC1CCC(O)C(Oc2cccc3ccccc23)C1. The van der Waals surface area contributed by atoms with E-state index in [1.807, 2.05) is 24.3 Å². The molecular weight excluding hydrogens is 260 g/mol. The molecule has 0 spiro atoms. The minimum Gasteiger partial charge on any atom is -0.487 e. The van der Waals surface area contributed by atoms with Crippen LogP contribution < -0.4 is 4.74 Å². The molecule has 2 nitrogen and oxygen atoms in total. The molecule has 21 heavy (non-hydrogen) atoms. The summed E-state index contributed by atoms with van der Waals surface area (Å²) in [4.78, 5) is 0. The lowest BCUT2D eigenvalue weighted by Crippen LogP contribution is -2.38. The molecule has 0 amide bonds. The number of aliphatic hydroxyl groups excluding tert-OH is 1. The fraction of sp³-hybridized carbons (Fsp3) is 0.474. The molecule has 0 aliphatic heterocycles. The zero-order chi connectivity index (χ0) is 14.7. The van der Waals surface area contributed by atoms with Crippen LogP contribution in [-0.4, -0.2) is 17.3 Å². The van der Waals surface area contributed by atoms with Crippen molar-refractivity contribution in [1.29, 1.82) is 0 Å². The molecule has 2 heteroatoms. The Bertz CT molecular complexity index is 588. The van der Waals surface area contributed by atoms with Crippen LogP contribution in [0.4, 0.5) is 0 Å². The first-order valence-corrected chi connectivity index (χ1v) is 8.10. The summed E-state index contributed by atoms with van der Waals surface area (Å²) in [6.07, 6.45) is 5.00. The van der Waals surface area contributed by atoms with Crippen molar-refractivity contribution in [3.05, 3.63) is 42.5 Å².